The first-order valence-electron chi connectivity index (χ1n) is 5.82. The maximum absolute atomic E-state index is 13.2. The average Bonchev–Trinajstić information content (AvgIpc) is 2.40. The van der Waals surface area contributed by atoms with Gasteiger partial charge in [-0.05, 0) is 11.6 Å². The van der Waals surface area contributed by atoms with E-state index in [1.165, 1.54) is 18.2 Å². The molecule has 0 aliphatic carbocycles. The molecule has 0 aromatic heterocycles. The molecule has 98 valence electrons. The van der Waals surface area contributed by atoms with Crippen LogP contribution in [-0.4, -0.2) is 11.1 Å². The van der Waals surface area contributed by atoms with Gasteiger partial charge < -0.3 is 9.84 Å². The zero-order valence-electron chi connectivity index (χ0n) is 10.2. The third-order valence-corrected chi connectivity index (χ3v) is 2.61. The molecule has 0 heterocycles. The Bertz CT molecular complexity index is 567. The highest BCUT2D eigenvalue weighted by atomic mass is 19.1. The number of hydrogen-bond acceptors (Lipinski definition) is 2. The van der Waals surface area contributed by atoms with Gasteiger partial charge in [0.2, 0.25) is 0 Å². The largest absolute Gasteiger partial charge is 0.488 e. The Morgan fingerprint density at radius 1 is 1.16 bits per heavy atom. The summed E-state index contributed by atoms with van der Waals surface area (Å²) in [4.78, 5) is 10.7. The third kappa shape index (κ3) is 3.81. The Morgan fingerprint density at radius 3 is 2.58 bits per heavy atom. The van der Waals surface area contributed by atoms with Gasteiger partial charge in [0, 0.05) is 11.6 Å². The molecule has 0 aliphatic heterocycles. The number of carbonyl (C=O) groups is 1. The normalized spacial score (nSPS) is 10.2. The van der Waals surface area contributed by atoms with Crippen molar-refractivity contribution in [3.05, 3.63) is 65.5 Å². The summed E-state index contributed by atoms with van der Waals surface area (Å²) in [5, 5.41) is 8.80. The third-order valence-electron chi connectivity index (χ3n) is 2.61. The Hall–Kier alpha value is -2.36. The molecule has 0 saturated carbocycles. The van der Waals surface area contributed by atoms with E-state index < -0.39 is 11.8 Å². The van der Waals surface area contributed by atoms with Gasteiger partial charge in [-0.3, -0.25) is 4.79 Å². The van der Waals surface area contributed by atoms with Crippen molar-refractivity contribution in [3.8, 4) is 5.75 Å². The molecule has 0 saturated heterocycles. The van der Waals surface area contributed by atoms with Crippen molar-refractivity contribution in [2.45, 2.75) is 13.0 Å². The van der Waals surface area contributed by atoms with Gasteiger partial charge in [-0.2, -0.15) is 0 Å². The smallest absolute Gasteiger partial charge is 0.307 e. The van der Waals surface area contributed by atoms with E-state index in [0.717, 1.165) is 5.56 Å². The second kappa shape index (κ2) is 6.00. The molecule has 2 aromatic rings. The number of hydrogen-bond donors (Lipinski definition) is 1. The molecule has 0 bridgehead atoms. The molecule has 0 radical (unpaired) electrons. The van der Waals surface area contributed by atoms with Crippen molar-refractivity contribution >= 4 is 5.97 Å². The van der Waals surface area contributed by atoms with Crippen LogP contribution < -0.4 is 4.74 Å². The Kier molecular flexibility index (Phi) is 4.13. The summed E-state index contributed by atoms with van der Waals surface area (Å²) in [6, 6.07) is 13.3. The topological polar surface area (TPSA) is 46.5 Å². The summed E-state index contributed by atoms with van der Waals surface area (Å²) in [5.41, 5.74) is 1.40. The fourth-order valence-corrected chi connectivity index (χ4v) is 1.71. The molecule has 2 aromatic carbocycles. The fourth-order valence-electron chi connectivity index (χ4n) is 1.71. The van der Waals surface area contributed by atoms with Crippen LogP contribution in [0.15, 0.2) is 48.5 Å². The Labute approximate surface area is 110 Å². The van der Waals surface area contributed by atoms with Gasteiger partial charge in [-0.1, -0.05) is 36.4 Å². The molecular formula is C15H13FO3. The van der Waals surface area contributed by atoms with Gasteiger partial charge in [0.05, 0.1) is 6.42 Å². The first-order chi connectivity index (χ1) is 9.15. The predicted molar refractivity (Wildman–Crippen MR) is 68.5 cm³/mol. The molecule has 1 N–H and O–H groups in total. The van der Waals surface area contributed by atoms with Crippen molar-refractivity contribution in [2.24, 2.45) is 0 Å². The maximum atomic E-state index is 13.2. The number of rotatable bonds is 5. The van der Waals surface area contributed by atoms with E-state index in [1.54, 1.807) is 0 Å². The molecule has 0 fully saturated rings. The summed E-state index contributed by atoms with van der Waals surface area (Å²) in [5.74, 6) is -1.15. The standard InChI is InChI=1S/C15H13FO3/c16-13-7-6-12(8-15(17)18)14(9-13)19-10-11-4-2-1-3-5-11/h1-7,9H,8,10H2,(H,17,18). The number of aliphatic carboxylic acids is 1. The molecular weight excluding hydrogens is 247 g/mol. The lowest BCUT2D eigenvalue weighted by Crippen LogP contribution is -2.04. The van der Waals surface area contributed by atoms with Crippen LogP contribution in [0.2, 0.25) is 0 Å². The summed E-state index contributed by atoms with van der Waals surface area (Å²) in [6.07, 6.45) is -0.190. The second-order valence-corrected chi connectivity index (χ2v) is 4.10. The number of halogens is 1. The lowest BCUT2D eigenvalue weighted by atomic mass is 10.1. The number of benzene rings is 2. The monoisotopic (exact) mass is 260 g/mol. The van der Waals surface area contributed by atoms with Crippen LogP contribution >= 0.6 is 0 Å². The van der Waals surface area contributed by atoms with Crippen molar-refractivity contribution in [3.63, 3.8) is 0 Å². The second-order valence-electron chi connectivity index (χ2n) is 4.10. The van der Waals surface area contributed by atoms with Gasteiger partial charge in [0.15, 0.2) is 0 Å². The minimum Gasteiger partial charge on any atom is -0.488 e. The zero-order chi connectivity index (χ0) is 13.7. The van der Waals surface area contributed by atoms with E-state index in [2.05, 4.69) is 0 Å². The van der Waals surface area contributed by atoms with Gasteiger partial charge in [-0.25, -0.2) is 4.39 Å². The predicted octanol–water partition coefficient (Wildman–Crippen LogP) is 3.03. The lowest BCUT2D eigenvalue weighted by molar-refractivity contribution is -0.136. The summed E-state index contributed by atoms with van der Waals surface area (Å²) >= 11 is 0. The average molecular weight is 260 g/mol. The molecule has 0 atom stereocenters. The molecule has 4 heteroatoms. The van der Waals surface area contributed by atoms with Crippen LogP contribution in [-0.2, 0) is 17.8 Å². The van der Waals surface area contributed by atoms with E-state index in [0.29, 0.717) is 5.56 Å². The number of carboxylic acid groups (broad SMARTS) is 1. The van der Waals surface area contributed by atoms with E-state index in [9.17, 15) is 9.18 Å². The van der Waals surface area contributed by atoms with Gasteiger partial charge in [0.1, 0.15) is 18.2 Å². The Morgan fingerprint density at radius 2 is 1.89 bits per heavy atom. The first-order valence-corrected chi connectivity index (χ1v) is 5.82. The first kappa shape index (κ1) is 13.1. The molecule has 2 rings (SSSR count). The quantitative estimate of drug-likeness (QED) is 0.898. The minimum absolute atomic E-state index is 0.190. The van der Waals surface area contributed by atoms with E-state index in [-0.39, 0.29) is 18.8 Å². The highest BCUT2D eigenvalue weighted by Crippen LogP contribution is 2.21. The number of carboxylic acids is 1. The van der Waals surface area contributed by atoms with E-state index in [4.69, 9.17) is 9.84 Å². The summed E-state index contributed by atoms with van der Waals surface area (Å²) in [7, 11) is 0. The Balaban J connectivity index is 2.14. The van der Waals surface area contributed by atoms with Crippen LogP contribution in [0, 0.1) is 5.82 Å². The molecule has 0 aliphatic rings. The van der Waals surface area contributed by atoms with Crippen LogP contribution in [0.1, 0.15) is 11.1 Å². The zero-order valence-corrected chi connectivity index (χ0v) is 10.2. The highest BCUT2D eigenvalue weighted by Gasteiger charge is 2.09. The van der Waals surface area contributed by atoms with E-state index in [1.807, 2.05) is 30.3 Å². The van der Waals surface area contributed by atoms with Crippen LogP contribution in [0.5, 0.6) is 5.75 Å². The van der Waals surface area contributed by atoms with Crippen molar-refractivity contribution in [2.75, 3.05) is 0 Å². The lowest BCUT2D eigenvalue weighted by Gasteiger charge is -2.10. The van der Waals surface area contributed by atoms with Gasteiger partial charge in [0.25, 0.3) is 0 Å². The minimum atomic E-state index is -0.976. The van der Waals surface area contributed by atoms with Gasteiger partial charge >= 0.3 is 5.97 Å². The van der Waals surface area contributed by atoms with Crippen molar-refractivity contribution in [1.82, 2.24) is 0 Å². The van der Waals surface area contributed by atoms with E-state index >= 15 is 0 Å². The molecule has 19 heavy (non-hydrogen) atoms. The molecule has 0 amide bonds. The summed E-state index contributed by atoms with van der Waals surface area (Å²) in [6.45, 7) is 0.275. The van der Waals surface area contributed by atoms with Crippen LogP contribution in [0.3, 0.4) is 0 Å². The highest BCUT2D eigenvalue weighted by molar-refractivity contribution is 5.71. The van der Waals surface area contributed by atoms with Crippen molar-refractivity contribution < 1.29 is 19.0 Å². The van der Waals surface area contributed by atoms with Crippen LogP contribution in [0.25, 0.3) is 0 Å². The van der Waals surface area contributed by atoms with Gasteiger partial charge in [-0.15, -0.1) is 0 Å². The SMILES string of the molecule is O=C(O)Cc1ccc(F)cc1OCc1ccccc1. The fraction of sp³-hybridized carbons (Fsp3) is 0.133. The van der Waals surface area contributed by atoms with Crippen molar-refractivity contribution in [1.29, 1.82) is 0 Å². The molecule has 3 nitrogen and oxygen atoms in total. The molecule has 0 unspecified atom stereocenters. The van der Waals surface area contributed by atoms with Crippen LogP contribution in [0.4, 0.5) is 4.39 Å². The molecule has 0 spiro atoms. The maximum Gasteiger partial charge on any atom is 0.307 e. The summed E-state index contributed by atoms with van der Waals surface area (Å²) < 4.78 is 18.7. The number of ether oxygens (including phenoxy) is 1.